The van der Waals surface area contributed by atoms with Crippen LogP contribution in [-0.4, -0.2) is 32.2 Å². The summed E-state index contributed by atoms with van der Waals surface area (Å²) in [6.45, 7) is 3.39. The molecule has 0 atom stereocenters. The van der Waals surface area contributed by atoms with E-state index < -0.39 is 0 Å². The van der Waals surface area contributed by atoms with Gasteiger partial charge in [-0.25, -0.2) is 0 Å². The Morgan fingerprint density at radius 2 is 1.29 bits per heavy atom. The van der Waals surface area contributed by atoms with Crippen LogP contribution in [0.4, 0.5) is 0 Å². The Morgan fingerprint density at radius 3 is 1.29 bits per heavy atom. The molecule has 0 aliphatic heterocycles. The number of rotatable bonds is 1. The molecular formula is C5H14NNa+2. The van der Waals surface area contributed by atoms with Gasteiger partial charge in [0.05, 0.1) is 27.7 Å². The second-order valence-electron chi connectivity index (χ2n) is 2.61. The predicted molar refractivity (Wildman–Crippen MR) is 28.6 cm³/mol. The van der Waals surface area contributed by atoms with Gasteiger partial charge in [0.2, 0.25) is 0 Å². The third-order valence-electron chi connectivity index (χ3n) is 0.949. The van der Waals surface area contributed by atoms with Gasteiger partial charge in [0, 0.05) is 0 Å². The molecule has 1 nitrogen and oxygen atoms in total. The van der Waals surface area contributed by atoms with Crippen molar-refractivity contribution in [3.05, 3.63) is 0 Å². The van der Waals surface area contributed by atoms with Crippen LogP contribution in [0.3, 0.4) is 0 Å². The van der Waals surface area contributed by atoms with Crippen LogP contribution < -0.4 is 29.6 Å². The zero-order valence-electron chi connectivity index (χ0n) is 6.15. The van der Waals surface area contributed by atoms with Crippen LogP contribution in [0.25, 0.3) is 0 Å². The Bertz CT molecular complexity index is 37.8. The zero-order valence-corrected chi connectivity index (χ0v) is 8.15. The molecule has 0 amide bonds. The molecule has 0 aromatic heterocycles. The van der Waals surface area contributed by atoms with E-state index in [9.17, 15) is 0 Å². The van der Waals surface area contributed by atoms with Crippen molar-refractivity contribution in [2.75, 3.05) is 27.7 Å². The fourth-order valence-corrected chi connectivity index (χ4v) is 0. The second kappa shape index (κ2) is 3.90. The normalized spacial score (nSPS) is 10.3. The van der Waals surface area contributed by atoms with Crippen molar-refractivity contribution >= 4 is 0 Å². The minimum absolute atomic E-state index is 0. The van der Waals surface area contributed by atoms with E-state index >= 15 is 0 Å². The summed E-state index contributed by atoms with van der Waals surface area (Å²) in [6, 6.07) is 0. The minimum atomic E-state index is 0. The van der Waals surface area contributed by atoms with Gasteiger partial charge in [0.15, 0.2) is 0 Å². The van der Waals surface area contributed by atoms with Gasteiger partial charge < -0.3 is 4.48 Å². The van der Waals surface area contributed by atoms with E-state index in [1.165, 1.54) is 6.54 Å². The van der Waals surface area contributed by atoms with E-state index in [0.717, 1.165) is 4.48 Å². The molecule has 38 valence electrons. The molecule has 0 aromatic rings. The van der Waals surface area contributed by atoms with Gasteiger partial charge in [-0.05, 0) is 6.92 Å². The number of hydrogen-bond donors (Lipinski definition) is 0. The molecule has 0 spiro atoms. The first kappa shape index (κ1) is 10.9. The third kappa shape index (κ3) is 10.9. The summed E-state index contributed by atoms with van der Waals surface area (Å²) < 4.78 is 1.07. The molecule has 0 fully saturated rings. The van der Waals surface area contributed by atoms with E-state index in [2.05, 4.69) is 28.1 Å². The van der Waals surface area contributed by atoms with E-state index in [1.54, 1.807) is 0 Å². The molecule has 7 heavy (non-hydrogen) atoms. The van der Waals surface area contributed by atoms with Gasteiger partial charge in [-0.15, -0.1) is 0 Å². The number of hydrogen-bond acceptors (Lipinski definition) is 0. The summed E-state index contributed by atoms with van der Waals surface area (Å²) in [7, 11) is 6.54. The van der Waals surface area contributed by atoms with Gasteiger partial charge >= 0.3 is 29.6 Å². The van der Waals surface area contributed by atoms with Crippen LogP contribution in [0.5, 0.6) is 0 Å². The first-order chi connectivity index (χ1) is 2.56. The van der Waals surface area contributed by atoms with E-state index in [-0.39, 0.29) is 29.6 Å². The van der Waals surface area contributed by atoms with Crippen molar-refractivity contribution in [2.45, 2.75) is 6.92 Å². The summed E-state index contributed by atoms with van der Waals surface area (Å²) in [5.41, 5.74) is 0. The average molecular weight is 111 g/mol. The van der Waals surface area contributed by atoms with Gasteiger partial charge in [0.25, 0.3) is 0 Å². The maximum Gasteiger partial charge on any atom is 1.00 e. The zero-order chi connectivity index (χ0) is 5.21. The summed E-state index contributed by atoms with van der Waals surface area (Å²) in [5, 5.41) is 0. The molecule has 0 aromatic carbocycles. The van der Waals surface area contributed by atoms with Crippen LogP contribution in [0.2, 0.25) is 0 Å². The molecule has 0 radical (unpaired) electrons. The number of nitrogens with zero attached hydrogens (tertiary/aromatic N) is 1. The fraction of sp³-hybridized carbons (Fsp3) is 1.00. The summed E-state index contributed by atoms with van der Waals surface area (Å²) >= 11 is 0. The maximum atomic E-state index is 2.18. The summed E-state index contributed by atoms with van der Waals surface area (Å²) in [6.07, 6.45) is 0. The first-order valence-electron chi connectivity index (χ1n) is 2.36. The third-order valence-corrected chi connectivity index (χ3v) is 0.949. The van der Waals surface area contributed by atoms with Crippen molar-refractivity contribution in [3.63, 3.8) is 0 Å². The Labute approximate surface area is 68.6 Å². The van der Waals surface area contributed by atoms with Crippen molar-refractivity contribution in [1.82, 2.24) is 0 Å². The van der Waals surface area contributed by atoms with Crippen LogP contribution in [0, 0.1) is 0 Å². The van der Waals surface area contributed by atoms with Crippen molar-refractivity contribution in [2.24, 2.45) is 0 Å². The fourth-order valence-electron chi connectivity index (χ4n) is 0. The molecule has 0 rings (SSSR count). The smallest absolute Gasteiger partial charge is 0.331 e. The topological polar surface area (TPSA) is 0 Å². The minimum Gasteiger partial charge on any atom is -0.331 e. The number of quaternary nitrogens is 1. The molecule has 0 saturated heterocycles. The van der Waals surface area contributed by atoms with E-state index in [1.807, 2.05) is 0 Å². The van der Waals surface area contributed by atoms with Crippen LogP contribution in [0.1, 0.15) is 6.92 Å². The Kier molecular flexibility index (Phi) is 6.05. The molecule has 2 heteroatoms. The van der Waals surface area contributed by atoms with Crippen molar-refractivity contribution in [3.8, 4) is 0 Å². The SMILES string of the molecule is CC[N+](C)(C)C.[Na+]. The average Bonchev–Trinajstić information content (AvgIpc) is 1.35. The molecule has 0 aliphatic carbocycles. The molecule has 0 saturated carbocycles. The van der Waals surface area contributed by atoms with E-state index in [4.69, 9.17) is 0 Å². The van der Waals surface area contributed by atoms with Crippen LogP contribution in [-0.2, 0) is 0 Å². The predicted octanol–water partition coefficient (Wildman–Crippen LogP) is -2.28. The Balaban J connectivity index is 0. The van der Waals surface area contributed by atoms with Crippen molar-refractivity contribution < 1.29 is 34.0 Å². The monoisotopic (exact) mass is 111 g/mol. The molecule has 0 unspecified atom stereocenters. The van der Waals surface area contributed by atoms with E-state index in [0.29, 0.717) is 0 Å². The molecule has 0 heterocycles. The standard InChI is InChI=1S/C5H14N.Na/c1-5-6(2,3)4;/h5H2,1-4H3;/q2*+1. The second-order valence-corrected chi connectivity index (χ2v) is 2.61. The van der Waals surface area contributed by atoms with Crippen LogP contribution >= 0.6 is 0 Å². The Morgan fingerprint density at radius 1 is 1.14 bits per heavy atom. The Hall–Kier alpha value is 0.960. The van der Waals surface area contributed by atoms with Crippen molar-refractivity contribution in [1.29, 1.82) is 0 Å². The quantitative estimate of drug-likeness (QED) is 0.264. The van der Waals surface area contributed by atoms with Gasteiger partial charge in [0.1, 0.15) is 0 Å². The van der Waals surface area contributed by atoms with Crippen LogP contribution in [0.15, 0.2) is 0 Å². The first-order valence-corrected chi connectivity index (χ1v) is 2.36. The maximum absolute atomic E-state index is 2.18. The largest absolute Gasteiger partial charge is 1.00 e. The molecular weight excluding hydrogens is 97.1 g/mol. The summed E-state index contributed by atoms with van der Waals surface area (Å²) in [5.74, 6) is 0. The van der Waals surface area contributed by atoms with Gasteiger partial charge in [-0.1, -0.05) is 0 Å². The van der Waals surface area contributed by atoms with Gasteiger partial charge in [-0.2, -0.15) is 0 Å². The summed E-state index contributed by atoms with van der Waals surface area (Å²) in [4.78, 5) is 0. The molecule has 0 N–H and O–H groups in total. The van der Waals surface area contributed by atoms with Gasteiger partial charge in [-0.3, -0.25) is 0 Å². The molecule has 0 aliphatic rings. The molecule has 0 bridgehead atoms.